The van der Waals surface area contributed by atoms with E-state index in [4.69, 9.17) is 4.42 Å². The third-order valence-corrected chi connectivity index (χ3v) is 5.25. The zero-order valence-electron chi connectivity index (χ0n) is 15.5. The van der Waals surface area contributed by atoms with Crippen molar-refractivity contribution >= 4 is 21.9 Å². The van der Waals surface area contributed by atoms with E-state index in [9.17, 15) is 0 Å². The fraction of sp³-hybridized carbons (Fsp3) is 0.0769. The average Bonchev–Trinajstić information content (AvgIpc) is 3.08. The smallest absolute Gasteiger partial charge is 0.143 e. The van der Waals surface area contributed by atoms with Gasteiger partial charge in [0.15, 0.2) is 0 Å². The van der Waals surface area contributed by atoms with Crippen molar-refractivity contribution in [2.75, 3.05) is 0 Å². The van der Waals surface area contributed by atoms with E-state index >= 15 is 0 Å². The summed E-state index contributed by atoms with van der Waals surface area (Å²) in [6.07, 6.45) is 0. The second kappa shape index (κ2) is 6.14. The highest BCUT2D eigenvalue weighted by molar-refractivity contribution is 6.12. The number of benzene rings is 4. The van der Waals surface area contributed by atoms with E-state index in [0.29, 0.717) is 0 Å². The van der Waals surface area contributed by atoms with Gasteiger partial charge in [-0.2, -0.15) is 0 Å². The molecule has 0 aliphatic heterocycles. The number of hydrogen-bond donors (Lipinski definition) is 0. The Morgan fingerprint density at radius 3 is 1.30 bits per heavy atom. The van der Waals surface area contributed by atoms with Crippen LogP contribution in [0.2, 0.25) is 0 Å². The molecule has 1 nitrogen and oxygen atoms in total. The van der Waals surface area contributed by atoms with Crippen LogP contribution in [0, 0.1) is 13.8 Å². The van der Waals surface area contributed by atoms with Crippen LogP contribution in [0.4, 0.5) is 0 Å². The van der Waals surface area contributed by atoms with E-state index in [1.54, 1.807) is 0 Å². The van der Waals surface area contributed by atoms with Crippen molar-refractivity contribution in [2.45, 2.75) is 13.8 Å². The Labute approximate surface area is 158 Å². The highest BCUT2D eigenvalue weighted by atomic mass is 16.3. The Morgan fingerprint density at radius 1 is 0.481 bits per heavy atom. The molecule has 0 N–H and O–H groups in total. The lowest BCUT2D eigenvalue weighted by Crippen LogP contribution is -1.79. The van der Waals surface area contributed by atoms with Gasteiger partial charge in [-0.25, -0.2) is 0 Å². The maximum absolute atomic E-state index is 6.48. The maximum Gasteiger partial charge on any atom is 0.143 e. The van der Waals surface area contributed by atoms with Gasteiger partial charge in [0.25, 0.3) is 0 Å². The predicted octanol–water partition coefficient (Wildman–Crippen LogP) is 7.54. The van der Waals surface area contributed by atoms with Crippen molar-refractivity contribution < 1.29 is 4.42 Å². The summed E-state index contributed by atoms with van der Waals surface area (Å²) in [6, 6.07) is 30.1. The van der Waals surface area contributed by atoms with Crippen LogP contribution in [0.5, 0.6) is 0 Å². The molecular weight excluding hydrogens is 328 g/mol. The van der Waals surface area contributed by atoms with Gasteiger partial charge in [0.05, 0.1) is 0 Å². The first-order valence-corrected chi connectivity index (χ1v) is 9.29. The van der Waals surface area contributed by atoms with Gasteiger partial charge in [0, 0.05) is 21.9 Å². The molecule has 130 valence electrons. The molecule has 0 saturated carbocycles. The molecule has 27 heavy (non-hydrogen) atoms. The molecule has 1 aromatic heterocycles. The number of aryl methyl sites for hydroxylation is 2. The second-order valence-corrected chi connectivity index (χ2v) is 7.20. The molecule has 4 aromatic carbocycles. The van der Waals surface area contributed by atoms with Gasteiger partial charge in [-0.05, 0) is 25.0 Å². The first-order chi connectivity index (χ1) is 13.2. The highest BCUT2D eigenvalue weighted by Crippen LogP contribution is 2.39. The largest absolute Gasteiger partial charge is 0.455 e. The molecule has 0 amide bonds. The van der Waals surface area contributed by atoms with Crippen molar-refractivity contribution in [1.82, 2.24) is 0 Å². The van der Waals surface area contributed by atoms with Crippen LogP contribution in [0.25, 0.3) is 44.2 Å². The number of fused-ring (bicyclic) bond motifs is 3. The lowest BCUT2D eigenvalue weighted by molar-refractivity contribution is 0.671. The van der Waals surface area contributed by atoms with Crippen molar-refractivity contribution in [2.24, 2.45) is 0 Å². The summed E-state index contributed by atoms with van der Waals surface area (Å²) in [7, 11) is 0. The Hall–Kier alpha value is -3.32. The Morgan fingerprint density at radius 2 is 0.889 bits per heavy atom. The molecule has 5 aromatic rings. The molecule has 0 bridgehead atoms. The molecule has 0 radical (unpaired) electrons. The lowest BCUT2D eigenvalue weighted by Gasteiger charge is -2.03. The van der Waals surface area contributed by atoms with Gasteiger partial charge in [-0.1, -0.05) is 96.1 Å². The van der Waals surface area contributed by atoms with Gasteiger partial charge < -0.3 is 4.42 Å². The normalized spacial score (nSPS) is 11.3. The van der Waals surface area contributed by atoms with E-state index in [0.717, 1.165) is 33.1 Å². The number of hydrogen-bond acceptors (Lipinski definition) is 1. The van der Waals surface area contributed by atoms with Crippen LogP contribution in [0.1, 0.15) is 11.1 Å². The van der Waals surface area contributed by atoms with Gasteiger partial charge in [0.1, 0.15) is 11.2 Å². The molecular formula is C26H20O. The molecule has 0 atom stereocenters. The minimum atomic E-state index is 0.955. The first-order valence-electron chi connectivity index (χ1n) is 9.29. The van der Waals surface area contributed by atoms with Gasteiger partial charge in [0.2, 0.25) is 0 Å². The van der Waals surface area contributed by atoms with E-state index in [2.05, 4.69) is 98.8 Å². The third-order valence-electron chi connectivity index (χ3n) is 5.25. The monoisotopic (exact) mass is 348 g/mol. The Balaban J connectivity index is 1.79. The first kappa shape index (κ1) is 15.9. The molecule has 1 heterocycles. The SMILES string of the molecule is Cc1ccc(-c2cccc3c2oc2c(-c4ccc(C)cc4)cccc23)cc1. The average molecular weight is 348 g/mol. The summed E-state index contributed by atoms with van der Waals surface area (Å²) in [5, 5.41) is 2.33. The molecule has 0 spiro atoms. The summed E-state index contributed by atoms with van der Waals surface area (Å²) in [5.74, 6) is 0. The molecule has 0 saturated heterocycles. The molecule has 0 fully saturated rings. The van der Waals surface area contributed by atoms with Crippen LogP contribution in [0.15, 0.2) is 89.3 Å². The van der Waals surface area contributed by atoms with Crippen LogP contribution in [0.3, 0.4) is 0 Å². The standard InChI is InChI=1S/C26H20O/c1-17-9-13-19(14-10-17)21-5-3-7-23-24-8-4-6-22(26(24)27-25(21)23)20-15-11-18(2)12-16-20/h3-16H,1-2H3. The summed E-state index contributed by atoms with van der Waals surface area (Å²) >= 11 is 0. The summed E-state index contributed by atoms with van der Waals surface area (Å²) in [4.78, 5) is 0. The second-order valence-electron chi connectivity index (χ2n) is 7.20. The van der Waals surface area contributed by atoms with E-state index in [1.165, 1.54) is 22.3 Å². The van der Waals surface area contributed by atoms with Crippen molar-refractivity contribution in [3.8, 4) is 22.3 Å². The minimum absolute atomic E-state index is 0.955. The highest BCUT2D eigenvalue weighted by Gasteiger charge is 2.15. The Kier molecular flexibility index (Phi) is 3.61. The summed E-state index contributed by atoms with van der Waals surface area (Å²) < 4.78 is 6.48. The molecule has 1 heteroatoms. The molecule has 5 rings (SSSR count). The zero-order chi connectivity index (χ0) is 18.4. The van der Waals surface area contributed by atoms with Crippen molar-refractivity contribution in [1.29, 1.82) is 0 Å². The van der Waals surface area contributed by atoms with E-state index in [-0.39, 0.29) is 0 Å². The fourth-order valence-electron chi connectivity index (χ4n) is 3.74. The molecule has 0 aliphatic carbocycles. The molecule has 0 aliphatic rings. The van der Waals surface area contributed by atoms with E-state index < -0.39 is 0 Å². The van der Waals surface area contributed by atoms with Crippen molar-refractivity contribution in [3.63, 3.8) is 0 Å². The third kappa shape index (κ3) is 2.63. The van der Waals surface area contributed by atoms with Crippen LogP contribution >= 0.6 is 0 Å². The number of furan rings is 1. The van der Waals surface area contributed by atoms with Crippen LogP contribution < -0.4 is 0 Å². The Bertz CT molecular complexity index is 1160. The zero-order valence-corrected chi connectivity index (χ0v) is 15.5. The summed E-state index contributed by atoms with van der Waals surface area (Å²) in [5.41, 5.74) is 9.07. The fourth-order valence-corrected chi connectivity index (χ4v) is 3.74. The van der Waals surface area contributed by atoms with Crippen LogP contribution in [-0.4, -0.2) is 0 Å². The van der Waals surface area contributed by atoms with Gasteiger partial charge >= 0.3 is 0 Å². The summed E-state index contributed by atoms with van der Waals surface area (Å²) in [6.45, 7) is 4.22. The topological polar surface area (TPSA) is 13.1 Å². The predicted molar refractivity (Wildman–Crippen MR) is 114 cm³/mol. The van der Waals surface area contributed by atoms with Crippen LogP contribution in [-0.2, 0) is 0 Å². The van der Waals surface area contributed by atoms with Gasteiger partial charge in [-0.15, -0.1) is 0 Å². The van der Waals surface area contributed by atoms with Gasteiger partial charge in [-0.3, -0.25) is 0 Å². The van der Waals surface area contributed by atoms with E-state index in [1.807, 2.05) is 0 Å². The number of para-hydroxylation sites is 2. The maximum atomic E-state index is 6.48. The minimum Gasteiger partial charge on any atom is -0.455 e. The van der Waals surface area contributed by atoms with Crippen molar-refractivity contribution in [3.05, 3.63) is 96.1 Å². The number of rotatable bonds is 2. The molecule has 0 unspecified atom stereocenters. The quantitative estimate of drug-likeness (QED) is 0.321. The lowest BCUT2D eigenvalue weighted by atomic mass is 9.99.